The number of hydrogen-bond donors (Lipinski definition) is 3. The summed E-state index contributed by atoms with van der Waals surface area (Å²) in [6.07, 6.45) is 6.69. The average Bonchev–Trinajstić information content (AvgIpc) is 2.82. The number of nitrogens with one attached hydrogen (secondary N) is 2. The van der Waals surface area contributed by atoms with E-state index in [0.717, 1.165) is 34.2 Å². The van der Waals surface area contributed by atoms with E-state index in [4.69, 9.17) is 14.2 Å². The van der Waals surface area contributed by atoms with E-state index < -0.39 is 0 Å². The highest BCUT2D eigenvalue weighted by atomic mass is 16.5. The van der Waals surface area contributed by atoms with Crippen molar-refractivity contribution in [2.45, 2.75) is 39.7 Å². The molecule has 0 saturated carbocycles. The number of carbonyl (C=O) groups excluding carboxylic acids is 1. The normalized spacial score (nSPS) is 15.9. The zero-order valence-corrected chi connectivity index (χ0v) is 22.6. The van der Waals surface area contributed by atoms with Gasteiger partial charge in [-0.15, -0.1) is 0 Å². The Morgan fingerprint density at radius 3 is 2.54 bits per heavy atom. The molecule has 0 bridgehead atoms. The number of allylic oxidation sites excluding steroid dienone is 4. The fourth-order valence-electron chi connectivity index (χ4n) is 4.59. The second-order valence-corrected chi connectivity index (χ2v) is 9.47. The molecule has 0 aromatic heterocycles. The van der Waals surface area contributed by atoms with E-state index >= 15 is 0 Å². The van der Waals surface area contributed by atoms with Crippen LogP contribution in [0.1, 0.15) is 45.2 Å². The standard InChI is InChI=1S/C28H29NO5.C2H7N/c1-16-15-28(4,5)29-20-10-9-19-25(24(16)20)23(14-18(3)33-17(2)8-7-13-30)34-22-12-11-21(31)27(32-6)26(19)22;1-3-2/h8-15,29,31H,3,7H2,1-2,4-6H3;3H,1-2H3/b17-8-,23-14-;. The summed E-state index contributed by atoms with van der Waals surface area (Å²) in [7, 11) is 5.28. The maximum absolute atomic E-state index is 10.7. The first-order valence-electron chi connectivity index (χ1n) is 12.1. The van der Waals surface area contributed by atoms with Gasteiger partial charge in [-0.3, -0.25) is 0 Å². The molecule has 0 saturated heterocycles. The Bertz CT molecular complexity index is 1300. The zero-order valence-electron chi connectivity index (χ0n) is 22.6. The number of aldehydes is 1. The molecule has 7 heteroatoms. The molecule has 2 aromatic rings. The van der Waals surface area contributed by atoms with E-state index in [0.29, 0.717) is 34.3 Å². The van der Waals surface area contributed by atoms with Gasteiger partial charge in [0.25, 0.3) is 0 Å². The summed E-state index contributed by atoms with van der Waals surface area (Å²) in [6, 6.07) is 7.31. The van der Waals surface area contributed by atoms with Crippen LogP contribution in [0.3, 0.4) is 0 Å². The number of phenolic OH excluding ortho intramolecular Hbond substituents is 1. The van der Waals surface area contributed by atoms with Gasteiger partial charge >= 0.3 is 0 Å². The lowest BCUT2D eigenvalue weighted by molar-refractivity contribution is -0.107. The number of benzene rings is 2. The summed E-state index contributed by atoms with van der Waals surface area (Å²) in [5.41, 5.74) is 5.28. The minimum Gasteiger partial charge on any atom is -0.504 e. The van der Waals surface area contributed by atoms with Crippen LogP contribution in [0.2, 0.25) is 0 Å². The minimum absolute atomic E-state index is 0.0381. The summed E-state index contributed by atoms with van der Waals surface area (Å²) in [4.78, 5) is 10.7. The Morgan fingerprint density at radius 1 is 1.19 bits per heavy atom. The number of ether oxygens (including phenoxy) is 3. The third-order valence-corrected chi connectivity index (χ3v) is 5.76. The predicted molar refractivity (Wildman–Crippen MR) is 150 cm³/mol. The quantitative estimate of drug-likeness (QED) is 0.316. The highest BCUT2D eigenvalue weighted by Crippen LogP contribution is 2.53. The van der Waals surface area contributed by atoms with Gasteiger partial charge in [-0.25, -0.2) is 0 Å². The predicted octanol–water partition coefficient (Wildman–Crippen LogP) is 6.27. The van der Waals surface area contributed by atoms with Gasteiger partial charge in [-0.1, -0.05) is 18.7 Å². The summed E-state index contributed by atoms with van der Waals surface area (Å²) in [5.74, 6) is 2.46. The lowest BCUT2D eigenvalue weighted by Crippen LogP contribution is -2.32. The lowest BCUT2D eigenvalue weighted by Gasteiger charge is -2.35. The summed E-state index contributed by atoms with van der Waals surface area (Å²) in [6.45, 7) is 12.1. The van der Waals surface area contributed by atoms with E-state index in [1.54, 1.807) is 31.2 Å². The molecule has 2 aliphatic heterocycles. The van der Waals surface area contributed by atoms with Crippen LogP contribution in [-0.4, -0.2) is 38.1 Å². The van der Waals surface area contributed by atoms with Crippen molar-refractivity contribution in [3.05, 3.63) is 71.7 Å². The SMILES string of the molecule is C=C(/C=C1\Oc2ccc(O)c(OC)c2-c2ccc3c(c21)C(C)=CC(C)(C)N3)O/C(C)=C\CC=O.CNC. The van der Waals surface area contributed by atoms with Crippen LogP contribution in [0.5, 0.6) is 17.2 Å². The van der Waals surface area contributed by atoms with Crippen molar-refractivity contribution < 1.29 is 24.1 Å². The number of aromatic hydroxyl groups is 1. The fraction of sp³-hybridized carbons (Fsp3) is 0.300. The van der Waals surface area contributed by atoms with Crippen LogP contribution in [-0.2, 0) is 9.53 Å². The first kappa shape index (κ1) is 27.6. The largest absolute Gasteiger partial charge is 0.504 e. The Morgan fingerprint density at radius 2 is 1.89 bits per heavy atom. The van der Waals surface area contributed by atoms with Crippen molar-refractivity contribution in [3.63, 3.8) is 0 Å². The molecule has 196 valence electrons. The van der Waals surface area contributed by atoms with Gasteiger partial charge in [0.05, 0.1) is 24.0 Å². The lowest BCUT2D eigenvalue weighted by atomic mass is 9.83. The maximum atomic E-state index is 10.7. The van der Waals surface area contributed by atoms with Crippen molar-refractivity contribution in [2.75, 3.05) is 26.5 Å². The molecule has 7 nitrogen and oxygen atoms in total. The summed E-state index contributed by atoms with van der Waals surface area (Å²) in [5, 5.41) is 16.8. The van der Waals surface area contributed by atoms with Crippen LogP contribution >= 0.6 is 0 Å². The van der Waals surface area contributed by atoms with E-state index in [9.17, 15) is 9.90 Å². The van der Waals surface area contributed by atoms with E-state index in [2.05, 4.69) is 44.1 Å². The van der Waals surface area contributed by atoms with Gasteiger partial charge in [-0.05, 0) is 71.6 Å². The molecule has 2 heterocycles. The Hall–Kier alpha value is -3.97. The van der Waals surface area contributed by atoms with Gasteiger partial charge < -0.3 is 34.7 Å². The highest BCUT2D eigenvalue weighted by Gasteiger charge is 2.33. The zero-order chi connectivity index (χ0) is 27.3. The number of rotatable bonds is 6. The van der Waals surface area contributed by atoms with Crippen molar-refractivity contribution in [1.82, 2.24) is 5.32 Å². The number of anilines is 1. The minimum atomic E-state index is -0.203. The van der Waals surface area contributed by atoms with E-state index in [1.807, 2.05) is 26.2 Å². The Labute approximate surface area is 219 Å². The van der Waals surface area contributed by atoms with Crippen molar-refractivity contribution in [3.8, 4) is 28.4 Å². The first-order valence-corrected chi connectivity index (χ1v) is 12.1. The molecule has 4 rings (SSSR count). The van der Waals surface area contributed by atoms with Crippen LogP contribution in [0, 0.1) is 0 Å². The van der Waals surface area contributed by atoms with Crippen LogP contribution < -0.4 is 20.1 Å². The smallest absolute Gasteiger partial charge is 0.172 e. The summed E-state index contributed by atoms with van der Waals surface area (Å²) >= 11 is 0. The molecule has 0 radical (unpaired) electrons. The molecule has 0 spiro atoms. The van der Waals surface area contributed by atoms with Crippen LogP contribution in [0.4, 0.5) is 5.69 Å². The molecular weight excluding hydrogens is 468 g/mol. The molecule has 0 atom stereocenters. The molecular formula is C30H36N2O5. The maximum Gasteiger partial charge on any atom is 0.172 e. The van der Waals surface area contributed by atoms with Crippen molar-refractivity contribution >= 4 is 23.3 Å². The average molecular weight is 505 g/mol. The molecule has 2 aromatic carbocycles. The Kier molecular flexibility index (Phi) is 8.50. The third-order valence-electron chi connectivity index (χ3n) is 5.76. The number of carbonyl (C=O) groups is 1. The molecule has 37 heavy (non-hydrogen) atoms. The monoisotopic (exact) mass is 504 g/mol. The second-order valence-electron chi connectivity index (χ2n) is 9.47. The number of fused-ring (bicyclic) bond motifs is 5. The number of methoxy groups -OCH3 is 1. The van der Waals surface area contributed by atoms with Gasteiger partial charge in [-0.2, -0.15) is 0 Å². The highest BCUT2D eigenvalue weighted by molar-refractivity contribution is 5.99. The molecule has 0 amide bonds. The van der Waals surface area contributed by atoms with Crippen LogP contribution in [0.15, 0.2) is 60.6 Å². The fourth-order valence-corrected chi connectivity index (χ4v) is 4.59. The third kappa shape index (κ3) is 5.89. The number of hydrogen-bond acceptors (Lipinski definition) is 7. The summed E-state index contributed by atoms with van der Waals surface area (Å²) < 4.78 is 17.7. The topological polar surface area (TPSA) is 89.1 Å². The van der Waals surface area contributed by atoms with E-state index in [1.165, 1.54) is 7.11 Å². The van der Waals surface area contributed by atoms with Gasteiger partial charge in [0.15, 0.2) is 11.5 Å². The van der Waals surface area contributed by atoms with Gasteiger partial charge in [0.2, 0.25) is 0 Å². The van der Waals surface area contributed by atoms with Crippen molar-refractivity contribution in [2.24, 2.45) is 0 Å². The second kappa shape index (κ2) is 11.4. The molecule has 3 N–H and O–H groups in total. The van der Waals surface area contributed by atoms with E-state index in [-0.39, 0.29) is 17.7 Å². The van der Waals surface area contributed by atoms with Crippen molar-refractivity contribution in [1.29, 1.82) is 0 Å². The van der Waals surface area contributed by atoms with Gasteiger partial charge in [0.1, 0.15) is 23.6 Å². The van der Waals surface area contributed by atoms with Gasteiger partial charge in [0, 0.05) is 34.9 Å². The molecule has 0 aliphatic carbocycles. The first-order chi connectivity index (χ1) is 17.6. The Balaban J connectivity index is 0.00000121. The van der Waals surface area contributed by atoms with Crippen LogP contribution in [0.25, 0.3) is 22.5 Å². The molecule has 0 unspecified atom stereocenters. The number of phenols is 1. The molecule has 0 fully saturated rings. The molecule has 2 aliphatic rings.